The molecule has 1 saturated heterocycles. The van der Waals surface area contributed by atoms with Crippen molar-refractivity contribution in [1.29, 1.82) is 0 Å². The highest BCUT2D eigenvalue weighted by molar-refractivity contribution is 8.00. The van der Waals surface area contributed by atoms with Gasteiger partial charge in [0.25, 0.3) is 5.91 Å². The fraction of sp³-hybridized carbons (Fsp3) is 0.438. The number of fused-ring (bicyclic) bond motifs is 1. The zero-order chi connectivity index (χ0) is 18.3. The molecule has 1 aliphatic carbocycles. The molecule has 0 bridgehead atoms. The van der Waals surface area contributed by atoms with E-state index in [1.54, 1.807) is 19.1 Å². The van der Waals surface area contributed by atoms with Gasteiger partial charge in [-0.3, -0.25) is 14.5 Å². The van der Waals surface area contributed by atoms with E-state index in [2.05, 4.69) is 5.32 Å². The summed E-state index contributed by atoms with van der Waals surface area (Å²) in [7, 11) is 0. The smallest absolute Gasteiger partial charge is 0.352 e. The van der Waals surface area contributed by atoms with E-state index in [1.807, 2.05) is 0 Å². The molecule has 0 radical (unpaired) electrons. The van der Waals surface area contributed by atoms with Gasteiger partial charge in [0.05, 0.1) is 6.10 Å². The SMILES string of the molecule is CC1=C(C(=O)O)N2C(=O)[C@@H](NC(=O)[C@H](N)C3=CC(O)C=CC3)[C@H]2SC1. The van der Waals surface area contributed by atoms with Crippen molar-refractivity contribution in [3.8, 4) is 0 Å². The normalized spacial score (nSPS) is 29.6. The van der Waals surface area contributed by atoms with Gasteiger partial charge in [-0.05, 0) is 24.5 Å². The first-order valence-corrected chi connectivity index (χ1v) is 8.85. The molecule has 2 amide bonds. The molecule has 0 aromatic heterocycles. The van der Waals surface area contributed by atoms with Crippen LogP contribution in [-0.2, 0) is 14.4 Å². The minimum absolute atomic E-state index is 0.00760. The van der Waals surface area contributed by atoms with Gasteiger partial charge < -0.3 is 21.3 Å². The highest BCUT2D eigenvalue weighted by Crippen LogP contribution is 2.40. The number of carboxylic acids is 1. The van der Waals surface area contributed by atoms with E-state index in [9.17, 15) is 24.6 Å². The highest BCUT2D eigenvalue weighted by atomic mass is 32.2. The summed E-state index contributed by atoms with van der Waals surface area (Å²) in [6.45, 7) is 1.68. The van der Waals surface area contributed by atoms with Crippen molar-refractivity contribution >= 4 is 29.5 Å². The molecule has 3 aliphatic rings. The molecule has 134 valence electrons. The number of rotatable bonds is 4. The van der Waals surface area contributed by atoms with E-state index in [4.69, 9.17) is 5.73 Å². The molecule has 25 heavy (non-hydrogen) atoms. The number of thioether (sulfide) groups is 1. The third kappa shape index (κ3) is 3.10. The van der Waals surface area contributed by atoms with Gasteiger partial charge >= 0.3 is 5.97 Å². The predicted octanol–water partition coefficient (Wildman–Crippen LogP) is -0.681. The number of aliphatic hydroxyl groups is 1. The van der Waals surface area contributed by atoms with E-state index in [-0.39, 0.29) is 5.70 Å². The zero-order valence-corrected chi connectivity index (χ0v) is 14.3. The van der Waals surface area contributed by atoms with Crippen molar-refractivity contribution in [2.45, 2.75) is 36.9 Å². The van der Waals surface area contributed by atoms with Crippen LogP contribution in [0.25, 0.3) is 0 Å². The molecule has 5 N–H and O–H groups in total. The summed E-state index contributed by atoms with van der Waals surface area (Å²) in [5, 5.41) is 21.0. The fourth-order valence-corrected chi connectivity index (χ4v) is 4.40. The first-order chi connectivity index (χ1) is 11.8. The standard InChI is InChI=1S/C16H19N3O5S/c1-7-6-25-15-11(14(22)19(15)12(7)16(23)24)18-13(21)10(17)8-3-2-4-9(20)5-8/h2,4-5,9-11,15,20H,3,6,17H2,1H3,(H,18,21)(H,23,24)/t9?,10-,11-,15-/m1/s1. The molecule has 3 rings (SSSR count). The number of aliphatic carboxylic acids is 1. The van der Waals surface area contributed by atoms with Gasteiger partial charge in [0, 0.05) is 5.75 Å². The Morgan fingerprint density at radius 3 is 2.84 bits per heavy atom. The van der Waals surface area contributed by atoms with Crippen LogP contribution in [0.4, 0.5) is 0 Å². The lowest BCUT2D eigenvalue weighted by Gasteiger charge is -2.49. The molecule has 0 aromatic carbocycles. The van der Waals surface area contributed by atoms with Crippen LogP contribution < -0.4 is 11.1 Å². The highest BCUT2D eigenvalue weighted by Gasteiger charge is 2.53. The Hall–Kier alpha value is -2.10. The minimum Gasteiger partial charge on any atom is -0.477 e. The number of carbonyl (C=O) groups excluding carboxylic acids is 2. The summed E-state index contributed by atoms with van der Waals surface area (Å²) in [4.78, 5) is 37.3. The van der Waals surface area contributed by atoms with Crippen LogP contribution in [0.5, 0.6) is 0 Å². The molecule has 8 nitrogen and oxygen atoms in total. The first kappa shape index (κ1) is 17.7. The van der Waals surface area contributed by atoms with Gasteiger partial charge in [-0.25, -0.2) is 4.79 Å². The molecular formula is C16H19N3O5S. The fourth-order valence-electron chi connectivity index (χ4n) is 3.10. The Kier molecular flexibility index (Phi) is 4.72. The van der Waals surface area contributed by atoms with Gasteiger partial charge in [0.15, 0.2) is 0 Å². The lowest BCUT2D eigenvalue weighted by molar-refractivity contribution is -0.150. The molecular weight excluding hydrogens is 346 g/mol. The maximum Gasteiger partial charge on any atom is 0.352 e. The third-order valence-electron chi connectivity index (χ3n) is 4.41. The molecule has 4 atom stereocenters. The number of hydrogen-bond donors (Lipinski definition) is 4. The Labute approximate surface area is 148 Å². The monoisotopic (exact) mass is 365 g/mol. The van der Waals surface area contributed by atoms with Gasteiger partial charge in [-0.2, -0.15) is 0 Å². The Morgan fingerprint density at radius 2 is 2.20 bits per heavy atom. The molecule has 9 heteroatoms. The average Bonchev–Trinajstić information content (AvgIpc) is 2.58. The zero-order valence-electron chi connectivity index (χ0n) is 13.5. The quantitative estimate of drug-likeness (QED) is 0.383. The van der Waals surface area contributed by atoms with Crippen LogP contribution in [0.2, 0.25) is 0 Å². The number of amides is 2. The first-order valence-electron chi connectivity index (χ1n) is 7.80. The number of β-lactam (4-membered cyclic amide) rings is 1. The van der Waals surface area contributed by atoms with Crippen LogP contribution in [0, 0.1) is 0 Å². The van der Waals surface area contributed by atoms with E-state index in [0.29, 0.717) is 23.3 Å². The van der Waals surface area contributed by atoms with E-state index in [0.717, 1.165) is 0 Å². The van der Waals surface area contributed by atoms with Gasteiger partial charge in [-0.15, -0.1) is 11.8 Å². The molecule has 0 saturated carbocycles. The van der Waals surface area contributed by atoms with Crippen molar-refractivity contribution in [2.24, 2.45) is 5.73 Å². The summed E-state index contributed by atoms with van der Waals surface area (Å²) in [6.07, 6.45) is 4.53. The maximum atomic E-state index is 12.4. The molecule has 2 heterocycles. The largest absolute Gasteiger partial charge is 0.477 e. The predicted molar refractivity (Wildman–Crippen MR) is 91.2 cm³/mol. The lowest BCUT2D eigenvalue weighted by Crippen LogP contribution is -2.71. The number of nitrogens with zero attached hydrogens (tertiary/aromatic N) is 1. The van der Waals surface area contributed by atoms with Crippen molar-refractivity contribution in [1.82, 2.24) is 10.2 Å². The lowest BCUT2D eigenvalue weighted by atomic mass is 9.96. The number of nitrogens with two attached hydrogens (primary N) is 1. The summed E-state index contributed by atoms with van der Waals surface area (Å²) >= 11 is 1.41. The molecule has 0 spiro atoms. The number of nitrogens with one attached hydrogen (secondary N) is 1. The van der Waals surface area contributed by atoms with E-state index in [1.165, 1.54) is 22.7 Å². The van der Waals surface area contributed by atoms with Gasteiger partial charge in [0.1, 0.15) is 23.2 Å². The number of hydrogen-bond acceptors (Lipinski definition) is 6. The Bertz CT molecular complexity index is 729. The van der Waals surface area contributed by atoms with Crippen LogP contribution in [0.1, 0.15) is 13.3 Å². The van der Waals surface area contributed by atoms with Gasteiger partial charge in [-0.1, -0.05) is 18.2 Å². The van der Waals surface area contributed by atoms with Crippen molar-refractivity contribution in [3.63, 3.8) is 0 Å². The second-order valence-corrected chi connectivity index (χ2v) is 7.28. The van der Waals surface area contributed by atoms with Crippen LogP contribution in [0.15, 0.2) is 35.1 Å². The summed E-state index contributed by atoms with van der Waals surface area (Å²) in [6, 6.07) is -1.76. The van der Waals surface area contributed by atoms with Crippen molar-refractivity contribution in [3.05, 3.63) is 35.1 Å². The summed E-state index contributed by atoms with van der Waals surface area (Å²) < 4.78 is 0. The second kappa shape index (κ2) is 6.66. The van der Waals surface area contributed by atoms with Crippen LogP contribution >= 0.6 is 11.8 Å². The minimum atomic E-state index is -1.15. The van der Waals surface area contributed by atoms with Crippen molar-refractivity contribution in [2.75, 3.05) is 5.75 Å². The molecule has 0 aromatic rings. The molecule has 1 fully saturated rings. The number of carboxylic acid groups (broad SMARTS) is 1. The van der Waals surface area contributed by atoms with E-state index < -0.39 is 41.3 Å². The molecule has 1 unspecified atom stereocenters. The maximum absolute atomic E-state index is 12.4. The summed E-state index contributed by atoms with van der Waals surface area (Å²) in [5.74, 6) is -1.63. The Morgan fingerprint density at radius 1 is 1.48 bits per heavy atom. The number of aliphatic hydroxyl groups excluding tert-OH is 1. The van der Waals surface area contributed by atoms with Gasteiger partial charge in [0.2, 0.25) is 5.91 Å². The molecule has 2 aliphatic heterocycles. The average molecular weight is 365 g/mol. The van der Waals surface area contributed by atoms with Crippen LogP contribution in [-0.4, -0.2) is 62.2 Å². The van der Waals surface area contributed by atoms with Crippen molar-refractivity contribution < 1.29 is 24.6 Å². The summed E-state index contributed by atoms with van der Waals surface area (Å²) in [5.41, 5.74) is 7.12. The topological polar surface area (TPSA) is 133 Å². The number of allylic oxidation sites excluding steroid dienone is 1. The van der Waals surface area contributed by atoms with E-state index >= 15 is 0 Å². The number of carbonyl (C=O) groups is 3. The van der Waals surface area contributed by atoms with Crippen LogP contribution in [0.3, 0.4) is 0 Å². The third-order valence-corrected chi connectivity index (χ3v) is 5.84. The Balaban J connectivity index is 1.68. The second-order valence-electron chi connectivity index (χ2n) is 6.17.